The van der Waals surface area contributed by atoms with E-state index in [1.165, 1.54) is 6.08 Å². The molecule has 154 valence electrons. The smallest absolute Gasteiger partial charge is 0.325 e. The summed E-state index contributed by atoms with van der Waals surface area (Å²) in [7, 11) is 1.73. The van der Waals surface area contributed by atoms with Gasteiger partial charge >= 0.3 is 8.84 Å². The van der Waals surface area contributed by atoms with E-state index in [1.807, 2.05) is 62.7 Å². The minimum Gasteiger partial charge on any atom is -0.325 e. The van der Waals surface area contributed by atoms with Crippen LogP contribution in [0.1, 0.15) is 31.9 Å². The molecule has 1 aromatic carbocycles. The molecule has 0 heterocycles. The third-order valence-corrected chi connectivity index (χ3v) is 9.26. The quantitative estimate of drug-likeness (QED) is 0.591. The Morgan fingerprint density at radius 2 is 1.77 bits per heavy atom. The lowest BCUT2D eigenvalue weighted by Gasteiger charge is -2.41. The van der Waals surface area contributed by atoms with Crippen molar-refractivity contribution in [2.24, 2.45) is 5.92 Å². The van der Waals surface area contributed by atoms with Crippen LogP contribution in [0.4, 0.5) is 8.78 Å². The Morgan fingerprint density at radius 1 is 1.07 bits per heavy atom. The van der Waals surface area contributed by atoms with E-state index in [9.17, 15) is 13.2 Å². The monoisotopic (exact) mass is 422 g/mol. The number of rotatable bonds is 2. The summed E-state index contributed by atoms with van der Waals surface area (Å²) >= 11 is 0. The third kappa shape index (κ3) is 3.08. The number of nitrogens with zero attached hydrogens (tertiary/aromatic N) is 1. The minimum absolute atomic E-state index is 0.0396. The number of hydrogen-bond donors (Lipinski definition) is 0. The van der Waals surface area contributed by atoms with Crippen molar-refractivity contribution < 1.29 is 17.4 Å². The Morgan fingerprint density at radius 3 is 2.43 bits per heavy atom. The first kappa shape index (κ1) is 20.8. The lowest BCUT2D eigenvalue weighted by molar-refractivity contribution is -0.836. The molecule has 0 spiro atoms. The highest BCUT2D eigenvalue weighted by Crippen LogP contribution is 2.48. The van der Waals surface area contributed by atoms with Gasteiger partial charge < -0.3 is 8.61 Å². The average molecular weight is 423 g/mol. The van der Waals surface area contributed by atoms with E-state index in [0.717, 1.165) is 33.0 Å². The standard InChI is InChI=1S/C25H26F2NOSi/c1-25(2,3)28(4,5)30(29)21-14-8-10-16-9-6-12-18-20(23(16)21)15-17-11-7-13-19(22(17)18)24(26)27/h6-15,22H,1-5H3/q+1. The van der Waals surface area contributed by atoms with Crippen LogP contribution in [0, 0.1) is 5.92 Å². The maximum absolute atomic E-state index is 13.9. The molecule has 0 saturated carbocycles. The molecule has 0 bridgehead atoms. The largest absolute Gasteiger partial charge is 0.592 e. The normalized spacial score (nSPS) is 19.9. The second kappa shape index (κ2) is 7.03. The van der Waals surface area contributed by atoms with Gasteiger partial charge in [0.1, 0.15) is 0 Å². The van der Waals surface area contributed by atoms with Crippen molar-refractivity contribution in [1.82, 2.24) is 0 Å². The van der Waals surface area contributed by atoms with Crippen LogP contribution in [0.5, 0.6) is 0 Å². The first-order valence-electron chi connectivity index (χ1n) is 10.1. The number of fused-ring (bicyclic) bond motifs is 5. The van der Waals surface area contributed by atoms with Gasteiger partial charge in [-0.05, 0) is 55.2 Å². The molecule has 0 N–H and O–H groups in total. The highest BCUT2D eigenvalue weighted by atomic mass is 28.3. The van der Waals surface area contributed by atoms with E-state index >= 15 is 0 Å². The van der Waals surface area contributed by atoms with Gasteiger partial charge in [0.05, 0.1) is 24.8 Å². The van der Waals surface area contributed by atoms with Crippen LogP contribution in [0.3, 0.4) is 0 Å². The van der Waals surface area contributed by atoms with E-state index in [4.69, 9.17) is 0 Å². The van der Waals surface area contributed by atoms with Crippen LogP contribution in [-0.2, 0) is 4.46 Å². The molecule has 0 fully saturated rings. The van der Waals surface area contributed by atoms with E-state index in [0.29, 0.717) is 4.15 Å². The van der Waals surface area contributed by atoms with Crippen molar-refractivity contribution >= 4 is 25.7 Å². The van der Waals surface area contributed by atoms with Gasteiger partial charge in [0, 0.05) is 17.1 Å². The second-order valence-electron chi connectivity index (χ2n) is 9.41. The van der Waals surface area contributed by atoms with Gasteiger partial charge in [-0.3, -0.25) is 0 Å². The van der Waals surface area contributed by atoms with Crippen molar-refractivity contribution in [3.05, 3.63) is 88.6 Å². The number of halogens is 2. The molecule has 0 amide bonds. The highest BCUT2D eigenvalue weighted by molar-refractivity contribution is 6.54. The average Bonchev–Trinajstić information content (AvgIpc) is 2.94. The number of quaternary nitrogens is 1. The summed E-state index contributed by atoms with van der Waals surface area (Å²) in [6.07, 6.45) is 11.2. The molecular weight excluding hydrogens is 396 g/mol. The zero-order chi connectivity index (χ0) is 21.8. The van der Waals surface area contributed by atoms with Gasteiger partial charge in [-0.15, -0.1) is 0 Å². The van der Waals surface area contributed by atoms with Crippen LogP contribution in [0.25, 0.3) is 11.6 Å². The summed E-state index contributed by atoms with van der Waals surface area (Å²) in [5.41, 5.74) is 4.29. The Kier molecular flexibility index (Phi) is 4.86. The summed E-state index contributed by atoms with van der Waals surface area (Å²) in [5.74, 6) is -0.480. The lowest BCUT2D eigenvalue weighted by atomic mass is 9.84. The van der Waals surface area contributed by atoms with Crippen LogP contribution < -0.4 is 5.19 Å². The summed E-state index contributed by atoms with van der Waals surface area (Å²) in [5, 5.41) is 0.805. The number of allylic oxidation sites excluding steroid dienone is 10. The predicted octanol–water partition coefficient (Wildman–Crippen LogP) is 5.30. The molecule has 2 nitrogen and oxygen atoms in total. The summed E-state index contributed by atoms with van der Waals surface area (Å²) < 4.78 is 41.7. The van der Waals surface area contributed by atoms with E-state index in [2.05, 4.69) is 20.8 Å². The molecule has 1 aromatic rings. The SMILES string of the molecule is CC(C)(C)[N+](C)(C)[Si](=O)c1cccc2c1C1=CC3=CC=CC(=C(F)F)C3C1=CC=C2. The van der Waals surface area contributed by atoms with Gasteiger partial charge in [-0.25, -0.2) is 0 Å². The zero-order valence-corrected chi connectivity index (χ0v) is 19.0. The molecule has 1 unspecified atom stereocenters. The summed E-state index contributed by atoms with van der Waals surface area (Å²) in [6, 6.07) is 5.87. The Hall–Kier alpha value is -2.50. The molecule has 0 radical (unpaired) electrons. The molecule has 3 aliphatic carbocycles. The topological polar surface area (TPSA) is 17.1 Å². The molecule has 4 rings (SSSR count). The molecule has 3 aliphatic rings. The van der Waals surface area contributed by atoms with Gasteiger partial charge in [0.15, 0.2) is 0 Å². The molecule has 0 aliphatic heterocycles. The van der Waals surface area contributed by atoms with E-state index < -0.39 is 20.8 Å². The van der Waals surface area contributed by atoms with Crippen molar-refractivity contribution in [2.75, 3.05) is 14.1 Å². The predicted molar refractivity (Wildman–Crippen MR) is 119 cm³/mol. The van der Waals surface area contributed by atoms with Crippen LogP contribution in [-0.4, -0.2) is 32.6 Å². The fourth-order valence-corrected chi connectivity index (χ4v) is 6.09. The van der Waals surface area contributed by atoms with E-state index in [1.54, 1.807) is 6.08 Å². The van der Waals surface area contributed by atoms with Crippen LogP contribution >= 0.6 is 0 Å². The van der Waals surface area contributed by atoms with Crippen molar-refractivity contribution in [1.29, 1.82) is 0 Å². The third-order valence-electron chi connectivity index (χ3n) is 6.69. The minimum atomic E-state index is -2.27. The molecule has 0 aromatic heterocycles. The van der Waals surface area contributed by atoms with Gasteiger partial charge in [-0.1, -0.05) is 48.6 Å². The molecule has 30 heavy (non-hydrogen) atoms. The highest BCUT2D eigenvalue weighted by Gasteiger charge is 2.45. The van der Waals surface area contributed by atoms with Crippen molar-refractivity contribution in [2.45, 2.75) is 26.3 Å². The van der Waals surface area contributed by atoms with E-state index in [-0.39, 0.29) is 11.1 Å². The van der Waals surface area contributed by atoms with Crippen molar-refractivity contribution in [3.63, 3.8) is 0 Å². The summed E-state index contributed by atoms with van der Waals surface area (Å²) in [6.45, 7) is 6.26. The Balaban J connectivity index is 1.93. The second-order valence-corrected chi connectivity index (χ2v) is 11.7. The van der Waals surface area contributed by atoms with Gasteiger partial charge in [0.25, 0.3) is 6.08 Å². The van der Waals surface area contributed by atoms with Crippen LogP contribution in [0.2, 0.25) is 0 Å². The Labute approximate surface area is 178 Å². The first-order chi connectivity index (χ1) is 14.0. The van der Waals surface area contributed by atoms with Crippen LogP contribution in [0.15, 0.2) is 77.5 Å². The number of benzene rings is 1. The first-order valence-corrected chi connectivity index (χ1v) is 11.5. The maximum atomic E-state index is 13.9. The van der Waals surface area contributed by atoms with Gasteiger partial charge in [0.2, 0.25) is 0 Å². The van der Waals surface area contributed by atoms with Gasteiger partial charge in [-0.2, -0.15) is 8.78 Å². The fraction of sp³-hybridized carbons (Fsp3) is 0.280. The zero-order valence-electron chi connectivity index (χ0n) is 18.0. The number of hydrogen-bond acceptors (Lipinski definition) is 1. The lowest BCUT2D eigenvalue weighted by Crippen LogP contribution is -2.63. The molecular formula is C25H26F2NOSi+. The summed E-state index contributed by atoms with van der Waals surface area (Å²) in [4.78, 5) is 0. The van der Waals surface area contributed by atoms with Crippen molar-refractivity contribution in [3.8, 4) is 0 Å². The fourth-order valence-electron chi connectivity index (χ4n) is 4.14. The maximum Gasteiger partial charge on any atom is 0.592 e. The molecule has 0 saturated heterocycles. The Bertz CT molecular complexity index is 1140. The molecule has 5 heteroatoms. The molecule has 1 atom stereocenters.